The summed E-state index contributed by atoms with van der Waals surface area (Å²) in [6.07, 6.45) is 4.56. The molecule has 3 heteroatoms. The standard InChI is InChI=1S/C18H30N2O/c1-5-11-19-16-9-10-17(15(4)13-16)18(21)20-12-7-6-8-14(2)3/h9-10,13-14,19H,5-8,11-12H2,1-4H3,(H,20,21). The minimum Gasteiger partial charge on any atom is -0.385 e. The van der Waals surface area contributed by atoms with Gasteiger partial charge in [-0.1, -0.05) is 33.6 Å². The lowest BCUT2D eigenvalue weighted by Gasteiger charge is -2.11. The monoisotopic (exact) mass is 290 g/mol. The average Bonchev–Trinajstić information content (AvgIpc) is 2.44. The summed E-state index contributed by atoms with van der Waals surface area (Å²) in [5.41, 5.74) is 2.89. The molecular weight excluding hydrogens is 260 g/mol. The normalized spacial score (nSPS) is 10.7. The first-order valence-electron chi connectivity index (χ1n) is 8.17. The van der Waals surface area contributed by atoms with E-state index < -0.39 is 0 Å². The molecule has 21 heavy (non-hydrogen) atoms. The van der Waals surface area contributed by atoms with Crippen molar-refractivity contribution in [3.63, 3.8) is 0 Å². The number of hydrogen-bond donors (Lipinski definition) is 2. The van der Waals surface area contributed by atoms with Gasteiger partial charge in [0.05, 0.1) is 0 Å². The van der Waals surface area contributed by atoms with E-state index in [-0.39, 0.29) is 5.91 Å². The Morgan fingerprint density at radius 2 is 1.95 bits per heavy atom. The van der Waals surface area contributed by atoms with E-state index in [1.54, 1.807) is 0 Å². The van der Waals surface area contributed by atoms with Gasteiger partial charge >= 0.3 is 0 Å². The van der Waals surface area contributed by atoms with Gasteiger partial charge in [0.25, 0.3) is 5.91 Å². The van der Waals surface area contributed by atoms with Crippen LogP contribution < -0.4 is 10.6 Å². The first-order chi connectivity index (χ1) is 10.0. The van der Waals surface area contributed by atoms with Crippen LogP contribution in [0.4, 0.5) is 5.69 Å². The van der Waals surface area contributed by atoms with Crippen molar-refractivity contribution >= 4 is 11.6 Å². The maximum absolute atomic E-state index is 12.2. The van der Waals surface area contributed by atoms with Crippen molar-refractivity contribution in [2.45, 2.75) is 53.4 Å². The number of nitrogens with one attached hydrogen (secondary N) is 2. The van der Waals surface area contributed by atoms with Gasteiger partial charge in [0.15, 0.2) is 0 Å². The van der Waals surface area contributed by atoms with Crippen LogP contribution in [-0.2, 0) is 0 Å². The van der Waals surface area contributed by atoms with Gasteiger partial charge in [0.2, 0.25) is 0 Å². The maximum atomic E-state index is 12.2. The maximum Gasteiger partial charge on any atom is 0.251 e. The second kappa shape index (κ2) is 9.43. The zero-order valence-corrected chi connectivity index (χ0v) is 14.0. The van der Waals surface area contributed by atoms with Crippen molar-refractivity contribution in [1.82, 2.24) is 5.32 Å². The third-order valence-electron chi connectivity index (χ3n) is 3.54. The van der Waals surface area contributed by atoms with Gasteiger partial charge in [-0.25, -0.2) is 0 Å². The number of carbonyl (C=O) groups is 1. The minimum absolute atomic E-state index is 0.0408. The molecule has 0 heterocycles. The summed E-state index contributed by atoms with van der Waals surface area (Å²) in [6.45, 7) is 10.3. The van der Waals surface area contributed by atoms with Gasteiger partial charge in [-0.3, -0.25) is 4.79 Å². The molecule has 118 valence electrons. The Bertz CT molecular complexity index is 441. The van der Waals surface area contributed by atoms with Crippen LogP contribution in [0.3, 0.4) is 0 Å². The quantitative estimate of drug-likeness (QED) is 0.663. The zero-order chi connectivity index (χ0) is 15.7. The molecule has 0 unspecified atom stereocenters. The van der Waals surface area contributed by atoms with Crippen molar-refractivity contribution in [1.29, 1.82) is 0 Å². The molecule has 0 radical (unpaired) electrons. The van der Waals surface area contributed by atoms with Crippen molar-refractivity contribution in [2.24, 2.45) is 5.92 Å². The Kier molecular flexibility index (Phi) is 7.88. The Balaban J connectivity index is 2.43. The molecule has 3 nitrogen and oxygen atoms in total. The number of benzene rings is 1. The van der Waals surface area contributed by atoms with E-state index >= 15 is 0 Å². The second-order valence-electron chi connectivity index (χ2n) is 6.10. The number of anilines is 1. The smallest absolute Gasteiger partial charge is 0.251 e. The van der Waals surface area contributed by atoms with Crippen LogP contribution in [0.1, 0.15) is 62.4 Å². The number of rotatable bonds is 9. The summed E-state index contributed by atoms with van der Waals surface area (Å²) in [6, 6.07) is 5.94. The summed E-state index contributed by atoms with van der Waals surface area (Å²) >= 11 is 0. The van der Waals surface area contributed by atoms with E-state index in [2.05, 4.69) is 31.4 Å². The largest absolute Gasteiger partial charge is 0.385 e. The Hall–Kier alpha value is -1.51. The van der Waals surface area contributed by atoms with Crippen LogP contribution in [0.15, 0.2) is 18.2 Å². The van der Waals surface area contributed by atoms with E-state index in [9.17, 15) is 4.79 Å². The highest BCUT2D eigenvalue weighted by molar-refractivity contribution is 5.96. The van der Waals surface area contributed by atoms with Gasteiger partial charge in [-0.15, -0.1) is 0 Å². The summed E-state index contributed by atoms with van der Waals surface area (Å²) in [4.78, 5) is 12.2. The molecule has 0 bridgehead atoms. The van der Waals surface area contributed by atoms with Crippen LogP contribution in [0.2, 0.25) is 0 Å². The molecule has 0 aliphatic rings. The molecule has 0 aromatic heterocycles. The molecule has 1 aromatic carbocycles. The molecular formula is C18H30N2O. The Morgan fingerprint density at radius 1 is 1.19 bits per heavy atom. The summed E-state index contributed by atoms with van der Waals surface area (Å²) in [7, 11) is 0. The first kappa shape index (κ1) is 17.5. The summed E-state index contributed by atoms with van der Waals surface area (Å²) < 4.78 is 0. The van der Waals surface area contributed by atoms with Crippen molar-refractivity contribution in [2.75, 3.05) is 18.4 Å². The fraction of sp³-hybridized carbons (Fsp3) is 0.611. The number of aryl methyl sites for hydroxylation is 1. The highest BCUT2D eigenvalue weighted by atomic mass is 16.1. The van der Waals surface area contributed by atoms with Gasteiger partial charge in [-0.05, 0) is 49.4 Å². The molecule has 1 rings (SSSR count). The molecule has 1 amide bonds. The molecule has 0 aliphatic heterocycles. The average molecular weight is 290 g/mol. The van der Waals surface area contributed by atoms with E-state index in [1.165, 1.54) is 12.8 Å². The zero-order valence-electron chi connectivity index (χ0n) is 14.0. The van der Waals surface area contributed by atoms with Crippen molar-refractivity contribution in [3.05, 3.63) is 29.3 Å². The molecule has 0 saturated heterocycles. The van der Waals surface area contributed by atoms with E-state index in [0.717, 1.165) is 48.7 Å². The SMILES string of the molecule is CCCNc1ccc(C(=O)NCCCCC(C)C)c(C)c1. The lowest BCUT2D eigenvalue weighted by molar-refractivity contribution is 0.0952. The topological polar surface area (TPSA) is 41.1 Å². The molecule has 0 aliphatic carbocycles. The Labute approximate surface area is 129 Å². The second-order valence-corrected chi connectivity index (χ2v) is 6.10. The van der Waals surface area contributed by atoms with Crippen molar-refractivity contribution < 1.29 is 4.79 Å². The molecule has 2 N–H and O–H groups in total. The van der Waals surface area contributed by atoms with Crippen LogP contribution in [0, 0.1) is 12.8 Å². The minimum atomic E-state index is 0.0408. The third-order valence-corrected chi connectivity index (χ3v) is 3.54. The van der Waals surface area contributed by atoms with Crippen LogP contribution in [0.25, 0.3) is 0 Å². The predicted octanol–water partition coefficient (Wildman–Crippen LogP) is 4.37. The molecule has 1 aromatic rings. The van der Waals surface area contributed by atoms with Crippen molar-refractivity contribution in [3.8, 4) is 0 Å². The summed E-state index contributed by atoms with van der Waals surface area (Å²) in [5, 5.41) is 6.36. The van der Waals surface area contributed by atoms with Crippen LogP contribution >= 0.6 is 0 Å². The highest BCUT2D eigenvalue weighted by Gasteiger charge is 2.08. The van der Waals surface area contributed by atoms with E-state index in [0.29, 0.717) is 0 Å². The van der Waals surface area contributed by atoms with E-state index in [4.69, 9.17) is 0 Å². The third kappa shape index (κ3) is 6.65. The van der Waals surface area contributed by atoms with E-state index in [1.807, 2.05) is 25.1 Å². The van der Waals surface area contributed by atoms with Gasteiger partial charge in [0, 0.05) is 24.3 Å². The fourth-order valence-corrected chi connectivity index (χ4v) is 2.27. The number of unbranched alkanes of at least 4 members (excludes halogenated alkanes) is 1. The van der Waals surface area contributed by atoms with Crippen LogP contribution in [-0.4, -0.2) is 19.0 Å². The number of amides is 1. The summed E-state index contributed by atoms with van der Waals surface area (Å²) in [5.74, 6) is 0.783. The lowest BCUT2D eigenvalue weighted by atomic mass is 10.1. The van der Waals surface area contributed by atoms with Gasteiger partial charge < -0.3 is 10.6 Å². The highest BCUT2D eigenvalue weighted by Crippen LogP contribution is 2.15. The van der Waals surface area contributed by atoms with Gasteiger partial charge in [-0.2, -0.15) is 0 Å². The predicted molar refractivity (Wildman–Crippen MR) is 91.0 cm³/mol. The molecule has 0 atom stereocenters. The molecule has 0 spiro atoms. The first-order valence-corrected chi connectivity index (χ1v) is 8.17. The Morgan fingerprint density at radius 3 is 2.57 bits per heavy atom. The van der Waals surface area contributed by atoms with Crippen LogP contribution in [0.5, 0.6) is 0 Å². The fourth-order valence-electron chi connectivity index (χ4n) is 2.27. The lowest BCUT2D eigenvalue weighted by Crippen LogP contribution is -2.25. The molecule has 0 saturated carbocycles. The molecule has 0 fully saturated rings. The van der Waals surface area contributed by atoms with Gasteiger partial charge in [0.1, 0.15) is 0 Å². The number of hydrogen-bond acceptors (Lipinski definition) is 2. The number of carbonyl (C=O) groups excluding carboxylic acids is 1.